The number of benzene rings is 2. The number of nitrogens with one attached hydrogen (secondary N) is 3. The molecule has 1 aliphatic rings. The summed E-state index contributed by atoms with van der Waals surface area (Å²) in [4.78, 5) is 4.37. The minimum atomic E-state index is 0.464. The molecule has 1 heterocycles. The second-order valence-electron chi connectivity index (χ2n) is 4.95. The predicted molar refractivity (Wildman–Crippen MR) is 101 cm³/mol. The summed E-state index contributed by atoms with van der Waals surface area (Å²) in [5, 5.41) is 4.28. The fourth-order valence-electron chi connectivity index (χ4n) is 2.23. The molecule has 23 heavy (non-hydrogen) atoms. The smallest absolute Gasteiger partial charge is 0.189 e. The number of hydrogen-bond acceptors (Lipinski definition) is 3. The van der Waals surface area contributed by atoms with E-state index < -0.39 is 0 Å². The molecule has 2 aromatic rings. The van der Waals surface area contributed by atoms with Crippen molar-refractivity contribution in [1.82, 2.24) is 10.9 Å². The number of aliphatic imine (C=N–C) groups is 1. The van der Waals surface area contributed by atoms with Crippen LogP contribution in [0.1, 0.15) is 11.1 Å². The zero-order valence-electron chi connectivity index (χ0n) is 12.2. The summed E-state index contributed by atoms with van der Waals surface area (Å²) in [5.74, 6) is 0.741. The Morgan fingerprint density at radius 1 is 1.09 bits per heavy atom. The fraction of sp³-hybridized carbons (Fsp3) is 0.0588. The van der Waals surface area contributed by atoms with Gasteiger partial charge < -0.3 is 5.32 Å². The summed E-state index contributed by atoms with van der Waals surface area (Å²) in [5.41, 5.74) is 9.01. The highest BCUT2D eigenvalue weighted by atomic mass is 35.5. The molecular weight excluding hydrogens is 328 g/mol. The second-order valence-corrected chi connectivity index (χ2v) is 5.76. The van der Waals surface area contributed by atoms with Crippen molar-refractivity contribution in [3.05, 3.63) is 70.9 Å². The van der Waals surface area contributed by atoms with E-state index in [9.17, 15) is 0 Å². The summed E-state index contributed by atoms with van der Waals surface area (Å²) in [6.45, 7) is 0. The average molecular weight is 343 g/mol. The van der Waals surface area contributed by atoms with Gasteiger partial charge >= 0.3 is 0 Å². The van der Waals surface area contributed by atoms with Crippen molar-refractivity contribution < 1.29 is 0 Å². The van der Waals surface area contributed by atoms with Gasteiger partial charge in [-0.3, -0.25) is 10.9 Å². The third-order valence-electron chi connectivity index (χ3n) is 3.34. The van der Waals surface area contributed by atoms with E-state index in [0.29, 0.717) is 11.5 Å². The Balaban J connectivity index is 1.61. The molecule has 0 unspecified atom stereocenters. The van der Waals surface area contributed by atoms with Crippen molar-refractivity contribution in [2.75, 3.05) is 5.32 Å². The molecular formula is C17H15ClN4S. The van der Waals surface area contributed by atoms with E-state index in [-0.39, 0.29) is 0 Å². The lowest BCUT2D eigenvalue weighted by Gasteiger charge is -2.14. The number of halogens is 1. The lowest BCUT2D eigenvalue weighted by molar-refractivity contribution is 0.856. The Kier molecular flexibility index (Phi) is 4.90. The average Bonchev–Trinajstić information content (AvgIpc) is 2.77. The lowest BCUT2D eigenvalue weighted by Crippen LogP contribution is -2.44. The number of anilines is 1. The molecule has 0 saturated carbocycles. The van der Waals surface area contributed by atoms with E-state index in [1.807, 2.05) is 54.6 Å². The van der Waals surface area contributed by atoms with Crippen molar-refractivity contribution >= 4 is 46.5 Å². The van der Waals surface area contributed by atoms with E-state index >= 15 is 0 Å². The summed E-state index contributed by atoms with van der Waals surface area (Å²) in [6.07, 6.45) is 4.29. The Hall–Kier alpha value is -2.37. The minimum absolute atomic E-state index is 0.464. The number of hydrazine groups is 1. The van der Waals surface area contributed by atoms with Gasteiger partial charge in [0.1, 0.15) is 5.84 Å². The van der Waals surface area contributed by atoms with Gasteiger partial charge in [-0.25, -0.2) is 4.99 Å². The topological polar surface area (TPSA) is 48.5 Å². The highest BCUT2D eigenvalue weighted by Crippen LogP contribution is 2.23. The molecule has 0 spiro atoms. The Labute approximate surface area is 145 Å². The molecule has 0 saturated heterocycles. The first-order chi connectivity index (χ1) is 11.2. The molecule has 0 amide bonds. The normalized spacial score (nSPS) is 12.7. The molecule has 0 atom stereocenters. The van der Waals surface area contributed by atoms with Gasteiger partial charge in [0.05, 0.1) is 0 Å². The van der Waals surface area contributed by atoms with Gasteiger partial charge in [0.2, 0.25) is 0 Å². The van der Waals surface area contributed by atoms with E-state index in [1.54, 1.807) is 6.20 Å². The maximum atomic E-state index is 6.27. The summed E-state index contributed by atoms with van der Waals surface area (Å²) in [7, 11) is 0. The molecule has 6 heteroatoms. The van der Waals surface area contributed by atoms with Crippen LogP contribution in [0.5, 0.6) is 0 Å². The van der Waals surface area contributed by atoms with Gasteiger partial charge in [0.25, 0.3) is 0 Å². The standard InChI is InChI=1S/C17H15ClN4S/c18-15-8-4-5-12-9-10-19-16(11-14(12)15)21-22-17(23)20-13-6-2-1-3-7-13/h1-10H,11H2,(H,19,21)(H2,20,22,23). The first-order valence-electron chi connectivity index (χ1n) is 7.11. The second kappa shape index (κ2) is 7.26. The Morgan fingerprint density at radius 2 is 1.91 bits per heavy atom. The predicted octanol–water partition coefficient (Wildman–Crippen LogP) is 3.76. The van der Waals surface area contributed by atoms with Crippen LogP contribution in [0.25, 0.3) is 6.08 Å². The monoisotopic (exact) mass is 342 g/mol. The van der Waals surface area contributed by atoms with Crippen LogP contribution in [0.2, 0.25) is 5.02 Å². The number of fused-ring (bicyclic) bond motifs is 1. The van der Waals surface area contributed by atoms with Gasteiger partial charge in [-0.2, -0.15) is 0 Å². The maximum absolute atomic E-state index is 6.27. The zero-order chi connectivity index (χ0) is 16.1. The first kappa shape index (κ1) is 15.5. The van der Waals surface area contributed by atoms with Crippen molar-refractivity contribution in [1.29, 1.82) is 0 Å². The quantitative estimate of drug-likeness (QED) is 0.545. The van der Waals surface area contributed by atoms with Gasteiger partial charge in [0.15, 0.2) is 5.11 Å². The minimum Gasteiger partial charge on any atom is -0.331 e. The summed E-state index contributed by atoms with van der Waals surface area (Å²) < 4.78 is 0. The van der Waals surface area contributed by atoms with Crippen molar-refractivity contribution in [3.63, 3.8) is 0 Å². The van der Waals surface area contributed by atoms with E-state index in [1.165, 1.54) is 0 Å². The number of hydrogen-bond donors (Lipinski definition) is 3. The maximum Gasteiger partial charge on any atom is 0.189 e. The summed E-state index contributed by atoms with van der Waals surface area (Å²) in [6, 6.07) is 15.5. The number of rotatable bonds is 1. The molecule has 0 bridgehead atoms. The van der Waals surface area contributed by atoms with E-state index in [2.05, 4.69) is 21.2 Å². The van der Waals surface area contributed by atoms with Crippen LogP contribution in [0.15, 0.2) is 59.7 Å². The molecule has 0 radical (unpaired) electrons. The SMILES string of the molecule is S=C(NNC1=NC=Cc2cccc(Cl)c2C1)Nc1ccccc1. The van der Waals surface area contributed by atoms with Gasteiger partial charge in [-0.05, 0) is 47.6 Å². The summed E-state index contributed by atoms with van der Waals surface area (Å²) >= 11 is 11.5. The molecule has 1 aliphatic heterocycles. The fourth-order valence-corrected chi connectivity index (χ4v) is 2.65. The van der Waals surface area contributed by atoms with Crippen molar-refractivity contribution in [3.8, 4) is 0 Å². The lowest BCUT2D eigenvalue weighted by atomic mass is 10.0. The van der Waals surface area contributed by atoms with E-state index in [4.69, 9.17) is 23.8 Å². The first-order valence-corrected chi connectivity index (χ1v) is 7.89. The van der Waals surface area contributed by atoms with Crippen LogP contribution < -0.4 is 16.2 Å². The van der Waals surface area contributed by atoms with Crippen LogP contribution in [-0.4, -0.2) is 10.9 Å². The molecule has 0 aromatic heterocycles. The van der Waals surface area contributed by atoms with E-state index in [0.717, 1.165) is 27.7 Å². The van der Waals surface area contributed by atoms with Crippen LogP contribution in [-0.2, 0) is 6.42 Å². The Morgan fingerprint density at radius 3 is 2.74 bits per heavy atom. The highest BCUT2D eigenvalue weighted by Gasteiger charge is 2.11. The van der Waals surface area contributed by atoms with Crippen LogP contribution in [0, 0.1) is 0 Å². The van der Waals surface area contributed by atoms with Gasteiger partial charge in [0, 0.05) is 23.3 Å². The third-order valence-corrected chi connectivity index (χ3v) is 3.89. The Bertz CT molecular complexity index is 771. The highest BCUT2D eigenvalue weighted by molar-refractivity contribution is 7.80. The van der Waals surface area contributed by atoms with Crippen molar-refractivity contribution in [2.45, 2.75) is 6.42 Å². The third kappa shape index (κ3) is 4.09. The van der Waals surface area contributed by atoms with Gasteiger partial charge in [-0.1, -0.05) is 41.9 Å². The zero-order valence-corrected chi connectivity index (χ0v) is 13.8. The molecule has 0 aliphatic carbocycles. The number of thiocarbonyl (C=S) groups is 1. The van der Waals surface area contributed by atoms with Crippen molar-refractivity contribution in [2.24, 2.45) is 4.99 Å². The van der Waals surface area contributed by atoms with Gasteiger partial charge in [-0.15, -0.1) is 0 Å². The number of amidine groups is 1. The molecule has 116 valence electrons. The number of para-hydroxylation sites is 1. The van der Waals surface area contributed by atoms with Crippen LogP contribution >= 0.6 is 23.8 Å². The molecule has 0 fully saturated rings. The molecule has 2 aromatic carbocycles. The number of nitrogens with zero attached hydrogens (tertiary/aromatic N) is 1. The van der Waals surface area contributed by atoms with Crippen LogP contribution in [0.4, 0.5) is 5.69 Å². The molecule has 3 N–H and O–H groups in total. The largest absolute Gasteiger partial charge is 0.331 e. The molecule has 4 nitrogen and oxygen atoms in total. The molecule has 3 rings (SSSR count). The van der Waals surface area contributed by atoms with Crippen LogP contribution in [0.3, 0.4) is 0 Å².